The zero-order valence-electron chi connectivity index (χ0n) is 8.93. The van der Waals surface area contributed by atoms with Crippen molar-refractivity contribution in [3.05, 3.63) is 43.3 Å². The molecule has 0 spiro atoms. The molecule has 2 nitrogen and oxygen atoms in total. The number of aromatic nitrogens is 1. The van der Waals surface area contributed by atoms with Crippen molar-refractivity contribution >= 4 is 51.8 Å². The van der Waals surface area contributed by atoms with Gasteiger partial charge in [0.25, 0.3) is 0 Å². The van der Waals surface area contributed by atoms with E-state index in [4.69, 9.17) is 34.8 Å². The Morgan fingerprint density at radius 1 is 1.24 bits per heavy atom. The molecule has 2 rings (SSSR count). The summed E-state index contributed by atoms with van der Waals surface area (Å²) in [5.41, 5.74) is 3.53. The number of nitrogens with zero attached hydrogens (tertiary/aromatic N) is 1. The highest BCUT2D eigenvalue weighted by Gasteiger charge is 2.08. The molecule has 0 aliphatic heterocycles. The lowest BCUT2D eigenvalue weighted by molar-refractivity contribution is 1.12. The van der Waals surface area contributed by atoms with Crippen LogP contribution in [0.1, 0.15) is 10.6 Å². The number of hydrogen-bond donors (Lipinski definition) is 1. The van der Waals surface area contributed by atoms with E-state index in [1.165, 1.54) is 0 Å². The van der Waals surface area contributed by atoms with E-state index < -0.39 is 0 Å². The van der Waals surface area contributed by atoms with Gasteiger partial charge in [-0.25, -0.2) is 4.98 Å². The number of aryl methyl sites for hydroxylation is 1. The van der Waals surface area contributed by atoms with Gasteiger partial charge in [-0.15, -0.1) is 11.3 Å². The summed E-state index contributed by atoms with van der Waals surface area (Å²) in [5.74, 6) is 0. The molecule has 0 amide bonds. The molecule has 1 heterocycles. The number of nitrogens with one attached hydrogen (secondary N) is 1. The second-order valence-corrected chi connectivity index (χ2v) is 5.65. The van der Waals surface area contributed by atoms with Crippen molar-refractivity contribution in [3.8, 4) is 0 Å². The highest BCUT2D eigenvalue weighted by molar-refractivity contribution is 7.09. The van der Waals surface area contributed by atoms with Crippen molar-refractivity contribution < 1.29 is 0 Å². The molecule has 1 N–H and O–H groups in total. The fourth-order valence-electron chi connectivity index (χ4n) is 1.38. The molecule has 0 aliphatic carbocycles. The summed E-state index contributed by atoms with van der Waals surface area (Å²) in [4.78, 5) is 5.34. The Kier molecular flexibility index (Phi) is 4.15. The van der Waals surface area contributed by atoms with E-state index in [1.54, 1.807) is 23.5 Å². The van der Waals surface area contributed by atoms with Gasteiger partial charge in [-0.2, -0.15) is 0 Å². The molecule has 0 atom stereocenters. The molecular weight excluding hydrogens is 299 g/mol. The van der Waals surface area contributed by atoms with Crippen molar-refractivity contribution in [1.82, 2.24) is 4.98 Å². The number of benzene rings is 1. The molecule has 0 saturated carbocycles. The van der Waals surface area contributed by atoms with Crippen LogP contribution in [0.2, 0.25) is 15.1 Å². The lowest BCUT2D eigenvalue weighted by Gasteiger charge is -2.10. The predicted molar refractivity (Wildman–Crippen MR) is 75.6 cm³/mol. The third-order valence-corrected chi connectivity index (χ3v) is 4.03. The van der Waals surface area contributed by atoms with Gasteiger partial charge in [0.15, 0.2) is 0 Å². The molecule has 1 aromatic carbocycles. The van der Waals surface area contributed by atoms with E-state index in [0.717, 1.165) is 10.6 Å². The highest BCUT2D eigenvalue weighted by Crippen LogP contribution is 2.34. The first-order chi connectivity index (χ1) is 8.08. The maximum Gasteiger partial charge on any atom is 0.0798 e. The van der Waals surface area contributed by atoms with Gasteiger partial charge in [-0.1, -0.05) is 34.8 Å². The SMILES string of the molecule is Cc1ncsc1CNc1c(Cl)cc(Cl)cc1Cl. The number of rotatable bonds is 3. The highest BCUT2D eigenvalue weighted by atomic mass is 35.5. The Morgan fingerprint density at radius 2 is 1.88 bits per heavy atom. The van der Waals surface area contributed by atoms with Crippen molar-refractivity contribution in [1.29, 1.82) is 0 Å². The lowest BCUT2D eigenvalue weighted by Crippen LogP contribution is -2.00. The Morgan fingerprint density at radius 3 is 2.41 bits per heavy atom. The zero-order valence-corrected chi connectivity index (χ0v) is 12.0. The minimum absolute atomic E-state index is 0.518. The van der Waals surface area contributed by atoms with Gasteiger partial charge in [0.05, 0.1) is 33.5 Å². The summed E-state index contributed by atoms with van der Waals surface area (Å²) >= 11 is 19.6. The van der Waals surface area contributed by atoms with Crippen LogP contribution in [0.5, 0.6) is 0 Å². The fraction of sp³-hybridized carbons (Fsp3) is 0.182. The van der Waals surface area contributed by atoms with E-state index in [0.29, 0.717) is 27.3 Å². The average molecular weight is 308 g/mol. The molecule has 0 bridgehead atoms. The fourth-order valence-corrected chi connectivity index (χ4v) is 3.04. The molecule has 0 unspecified atom stereocenters. The first-order valence-corrected chi connectivity index (χ1v) is 6.86. The number of halogens is 3. The second kappa shape index (κ2) is 5.44. The van der Waals surface area contributed by atoms with E-state index in [-0.39, 0.29) is 0 Å². The van der Waals surface area contributed by atoms with Crippen LogP contribution in [0.15, 0.2) is 17.6 Å². The molecule has 0 aliphatic rings. The number of anilines is 1. The van der Waals surface area contributed by atoms with E-state index in [9.17, 15) is 0 Å². The van der Waals surface area contributed by atoms with Gasteiger partial charge in [-0.3, -0.25) is 0 Å². The average Bonchev–Trinajstić information content (AvgIpc) is 2.62. The lowest BCUT2D eigenvalue weighted by atomic mass is 10.3. The van der Waals surface area contributed by atoms with Crippen LogP contribution in [-0.4, -0.2) is 4.98 Å². The standard InChI is InChI=1S/C11H9Cl3N2S/c1-6-10(17-5-16-6)4-15-11-8(13)2-7(12)3-9(11)14/h2-3,5,15H,4H2,1H3. The van der Waals surface area contributed by atoms with Gasteiger partial charge in [0, 0.05) is 9.90 Å². The van der Waals surface area contributed by atoms with Gasteiger partial charge < -0.3 is 5.32 Å². The molecule has 17 heavy (non-hydrogen) atoms. The summed E-state index contributed by atoms with van der Waals surface area (Å²) in [6.45, 7) is 2.62. The van der Waals surface area contributed by atoms with Crippen molar-refractivity contribution in [2.45, 2.75) is 13.5 Å². The van der Waals surface area contributed by atoms with Crippen LogP contribution in [0.4, 0.5) is 5.69 Å². The molecule has 0 fully saturated rings. The Hall–Kier alpha value is -0.480. The number of hydrogen-bond acceptors (Lipinski definition) is 3. The van der Waals surface area contributed by atoms with Crippen LogP contribution < -0.4 is 5.32 Å². The Bertz CT molecular complexity index is 516. The third kappa shape index (κ3) is 3.05. The third-order valence-electron chi connectivity index (χ3n) is 2.28. The topological polar surface area (TPSA) is 24.9 Å². The molecule has 0 saturated heterocycles. The summed E-state index contributed by atoms with van der Waals surface area (Å²) < 4.78 is 0. The van der Waals surface area contributed by atoms with E-state index in [1.807, 2.05) is 12.4 Å². The van der Waals surface area contributed by atoms with Gasteiger partial charge >= 0.3 is 0 Å². The van der Waals surface area contributed by atoms with Gasteiger partial charge in [-0.05, 0) is 19.1 Å². The summed E-state index contributed by atoms with van der Waals surface area (Å²) in [5, 5.41) is 4.76. The first-order valence-electron chi connectivity index (χ1n) is 4.85. The quantitative estimate of drug-likeness (QED) is 0.861. The minimum Gasteiger partial charge on any atom is -0.378 e. The maximum absolute atomic E-state index is 6.07. The van der Waals surface area contributed by atoms with E-state index in [2.05, 4.69) is 10.3 Å². The van der Waals surface area contributed by atoms with Crippen LogP contribution in [0, 0.1) is 6.92 Å². The number of thiazole rings is 1. The molecule has 90 valence electrons. The smallest absolute Gasteiger partial charge is 0.0798 e. The molecule has 1 aromatic heterocycles. The molecule has 0 radical (unpaired) electrons. The first kappa shape index (κ1) is 13.0. The van der Waals surface area contributed by atoms with Crippen LogP contribution in [0.3, 0.4) is 0 Å². The van der Waals surface area contributed by atoms with Crippen molar-refractivity contribution in [2.24, 2.45) is 0 Å². The van der Waals surface area contributed by atoms with Crippen molar-refractivity contribution in [2.75, 3.05) is 5.32 Å². The Labute approximate surface area is 119 Å². The van der Waals surface area contributed by atoms with E-state index >= 15 is 0 Å². The van der Waals surface area contributed by atoms with Crippen molar-refractivity contribution in [3.63, 3.8) is 0 Å². The van der Waals surface area contributed by atoms with Crippen LogP contribution in [-0.2, 0) is 6.54 Å². The monoisotopic (exact) mass is 306 g/mol. The molecule has 6 heteroatoms. The summed E-state index contributed by atoms with van der Waals surface area (Å²) in [6.07, 6.45) is 0. The van der Waals surface area contributed by atoms with Crippen LogP contribution >= 0.6 is 46.1 Å². The molecule has 2 aromatic rings. The molecular formula is C11H9Cl3N2S. The van der Waals surface area contributed by atoms with Gasteiger partial charge in [0.2, 0.25) is 0 Å². The summed E-state index contributed by atoms with van der Waals surface area (Å²) in [7, 11) is 0. The second-order valence-electron chi connectivity index (χ2n) is 3.46. The zero-order chi connectivity index (χ0) is 12.4. The maximum atomic E-state index is 6.07. The normalized spacial score (nSPS) is 10.6. The predicted octanol–water partition coefficient (Wildman–Crippen LogP) is 5.02. The minimum atomic E-state index is 0.518. The van der Waals surface area contributed by atoms with Crippen LogP contribution in [0.25, 0.3) is 0 Å². The largest absolute Gasteiger partial charge is 0.378 e. The summed E-state index contributed by atoms with van der Waals surface area (Å²) in [6, 6.07) is 3.33. The van der Waals surface area contributed by atoms with Gasteiger partial charge in [0.1, 0.15) is 0 Å². The Balaban J connectivity index is 2.17.